The largest absolute Gasteiger partial charge is 0.353 e. The molecule has 1 aromatic carbocycles. The zero-order valence-electron chi connectivity index (χ0n) is 13.2. The molecule has 1 saturated heterocycles. The van der Waals surface area contributed by atoms with Gasteiger partial charge in [0.2, 0.25) is 0 Å². The van der Waals surface area contributed by atoms with Crippen molar-refractivity contribution in [1.29, 1.82) is 0 Å². The van der Waals surface area contributed by atoms with E-state index in [1.807, 2.05) is 36.4 Å². The number of unbranched alkanes of at least 4 members (excludes halogenated alkanes) is 3. The maximum atomic E-state index is 11.8. The SMILES string of the molecule is O=C(C=CCCCCCOC1CCCCO1)c1ccccc1. The first-order chi connectivity index (χ1) is 10.9. The lowest BCUT2D eigenvalue weighted by Crippen LogP contribution is -2.22. The fourth-order valence-electron chi connectivity index (χ4n) is 2.49. The van der Waals surface area contributed by atoms with Crippen molar-refractivity contribution in [3.63, 3.8) is 0 Å². The third kappa shape index (κ3) is 6.54. The van der Waals surface area contributed by atoms with Gasteiger partial charge in [-0.25, -0.2) is 0 Å². The second kappa shape index (κ2) is 10.3. The minimum atomic E-state index is 0.0251. The molecule has 3 nitrogen and oxygen atoms in total. The third-order valence-corrected chi connectivity index (χ3v) is 3.78. The molecule has 0 N–H and O–H groups in total. The molecule has 0 aromatic heterocycles. The highest BCUT2D eigenvalue weighted by molar-refractivity contribution is 6.04. The van der Waals surface area contributed by atoms with Crippen molar-refractivity contribution < 1.29 is 14.3 Å². The fraction of sp³-hybridized carbons (Fsp3) is 0.526. The van der Waals surface area contributed by atoms with E-state index in [4.69, 9.17) is 9.47 Å². The Bertz CT molecular complexity index is 447. The zero-order chi connectivity index (χ0) is 15.5. The first-order valence-electron chi connectivity index (χ1n) is 8.35. The quantitative estimate of drug-likeness (QED) is 0.382. The van der Waals surface area contributed by atoms with Crippen molar-refractivity contribution in [1.82, 2.24) is 0 Å². The van der Waals surface area contributed by atoms with Gasteiger partial charge in [-0.3, -0.25) is 4.79 Å². The Morgan fingerprint density at radius 3 is 2.82 bits per heavy atom. The molecule has 0 amide bonds. The number of ether oxygens (including phenoxy) is 2. The van der Waals surface area contributed by atoms with Crippen LogP contribution in [0.2, 0.25) is 0 Å². The Labute approximate surface area is 133 Å². The van der Waals surface area contributed by atoms with Crippen LogP contribution in [0.15, 0.2) is 42.5 Å². The molecule has 120 valence electrons. The van der Waals surface area contributed by atoms with Gasteiger partial charge in [-0.05, 0) is 44.6 Å². The van der Waals surface area contributed by atoms with Crippen molar-refractivity contribution in [2.75, 3.05) is 13.2 Å². The third-order valence-electron chi connectivity index (χ3n) is 3.78. The van der Waals surface area contributed by atoms with E-state index in [0.29, 0.717) is 0 Å². The summed E-state index contributed by atoms with van der Waals surface area (Å²) in [5.41, 5.74) is 0.750. The van der Waals surface area contributed by atoms with E-state index >= 15 is 0 Å². The smallest absolute Gasteiger partial charge is 0.185 e. The van der Waals surface area contributed by atoms with E-state index in [2.05, 4.69) is 0 Å². The van der Waals surface area contributed by atoms with Crippen LogP contribution in [0.5, 0.6) is 0 Å². The summed E-state index contributed by atoms with van der Waals surface area (Å²) in [5.74, 6) is 0.0818. The Balaban J connectivity index is 1.48. The van der Waals surface area contributed by atoms with Crippen LogP contribution in [0.3, 0.4) is 0 Å². The van der Waals surface area contributed by atoms with E-state index in [-0.39, 0.29) is 12.1 Å². The summed E-state index contributed by atoms with van der Waals surface area (Å²) in [4.78, 5) is 11.8. The van der Waals surface area contributed by atoms with Gasteiger partial charge < -0.3 is 9.47 Å². The number of rotatable bonds is 9. The van der Waals surface area contributed by atoms with Crippen molar-refractivity contribution in [3.8, 4) is 0 Å². The normalized spacial score (nSPS) is 18.6. The van der Waals surface area contributed by atoms with E-state index in [9.17, 15) is 4.79 Å². The van der Waals surface area contributed by atoms with Crippen LogP contribution in [0.1, 0.15) is 55.3 Å². The van der Waals surface area contributed by atoms with E-state index in [1.165, 1.54) is 6.42 Å². The summed E-state index contributed by atoms with van der Waals surface area (Å²) in [6.45, 7) is 1.61. The monoisotopic (exact) mass is 302 g/mol. The Hall–Kier alpha value is -1.45. The summed E-state index contributed by atoms with van der Waals surface area (Å²) in [5, 5.41) is 0. The van der Waals surface area contributed by atoms with Gasteiger partial charge in [-0.2, -0.15) is 0 Å². The number of carbonyl (C=O) groups is 1. The highest BCUT2D eigenvalue weighted by Gasteiger charge is 2.13. The Morgan fingerprint density at radius 2 is 2.05 bits per heavy atom. The molecule has 3 heteroatoms. The van der Waals surface area contributed by atoms with Crippen LogP contribution < -0.4 is 0 Å². The van der Waals surface area contributed by atoms with Crippen LogP contribution in [0.25, 0.3) is 0 Å². The van der Waals surface area contributed by atoms with Crippen molar-refractivity contribution in [2.45, 2.75) is 51.2 Å². The number of hydrogen-bond donors (Lipinski definition) is 0. The molecule has 1 atom stereocenters. The second-order valence-corrected chi connectivity index (χ2v) is 5.65. The molecular formula is C19H26O3. The van der Waals surface area contributed by atoms with Crippen molar-refractivity contribution >= 4 is 5.78 Å². The minimum absolute atomic E-state index is 0.0251. The predicted octanol–water partition coefficient (Wildman–Crippen LogP) is 4.53. The summed E-state index contributed by atoms with van der Waals surface area (Å²) < 4.78 is 11.2. The first kappa shape index (κ1) is 16.9. The molecule has 1 aromatic rings. The molecule has 1 fully saturated rings. The topological polar surface area (TPSA) is 35.5 Å². The lowest BCUT2D eigenvalue weighted by molar-refractivity contribution is -0.162. The van der Waals surface area contributed by atoms with Gasteiger partial charge in [0.05, 0.1) is 0 Å². The molecule has 0 saturated carbocycles. The molecule has 0 spiro atoms. The average molecular weight is 302 g/mol. The minimum Gasteiger partial charge on any atom is -0.353 e. The summed E-state index contributed by atoms with van der Waals surface area (Å²) >= 11 is 0. The van der Waals surface area contributed by atoms with Crippen LogP contribution in [0.4, 0.5) is 0 Å². The van der Waals surface area contributed by atoms with Crippen LogP contribution in [0, 0.1) is 0 Å². The number of carbonyl (C=O) groups excluding carboxylic acids is 1. The maximum absolute atomic E-state index is 11.8. The van der Waals surface area contributed by atoms with E-state index in [0.717, 1.165) is 57.3 Å². The van der Waals surface area contributed by atoms with Gasteiger partial charge in [0, 0.05) is 18.8 Å². The van der Waals surface area contributed by atoms with Gasteiger partial charge >= 0.3 is 0 Å². The van der Waals surface area contributed by atoms with Gasteiger partial charge in [0.1, 0.15) is 0 Å². The van der Waals surface area contributed by atoms with Crippen molar-refractivity contribution in [3.05, 3.63) is 48.0 Å². The summed E-state index contributed by atoms with van der Waals surface area (Å²) in [6, 6.07) is 9.38. The standard InChI is InChI=1S/C19H26O3/c20-18(17-11-5-4-6-12-17)13-7-2-1-3-9-15-21-19-14-8-10-16-22-19/h4-7,11-13,19H,1-3,8-10,14-16H2. The molecule has 1 aliphatic rings. The second-order valence-electron chi connectivity index (χ2n) is 5.65. The van der Waals surface area contributed by atoms with E-state index < -0.39 is 0 Å². The molecule has 0 bridgehead atoms. The number of ketones is 1. The molecule has 1 heterocycles. The van der Waals surface area contributed by atoms with Crippen LogP contribution >= 0.6 is 0 Å². The van der Waals surface area contributed by atoms with Crippen molar-refractivity contribution in [2.24, 2.45) is 0 Å². The first-order valence-corrected chi connectivity index (χ1v) is 8.35. The van der Waals surface area contributed by atoms with Gasteiger partial charge in [0.25, 0.3) is 0 Å². The highest BCUT2D eigenvalue weighted by atomic mass is 16.7. The van der Waals surface area contributed by atoms with Gasteiger partial charge in [-0.15, -0.1) is 0 Å². The lowest BCUT2D eigenvalue weighted by atomic mass is 10.1. The van der Waals surface area contributed by atoms with Crippen LogP contribution in [-0.2, 0) is 9.47 Å². The number of allylic oxidation sites excluding steroid dienone is 2. The Kier molecular flexibility index (Phi) is 7.92. The highest BCUT2D eigenvalue weighted by Crippen LogP contribution is 2.14. The predicted molar refractivity (Wildman–Crippen MR) is 87.9 cm³/mol. The molecule has 22 heavy (non-hydrogen) atoms. The summed E-state index contributed by atoms with van der Waals surface area (Å²) in [7, 11) is 0. The number of hydrogen-bond acceptors (Lipinski definition) is 3. The average Bonchev–Trinajstić information content (AvgIpc) is 2.59. The molecular weight excluding hydrogens is 276 g/mol. The van der Waals surface area contributed by atoms with Gasteiger partial charge in [-0.1, -0.05) is 42.8 Å². The fourth-order valence-corrected chi connectivity index (χ4v) is 2.49. The molecule has 1 aliphatic heterocycles. The molecule has 1 unspecified atom stereocenters. The van der Waals surface area contributed by atoms with E-state index in [1.54, 1.807) is 6.08 Å². The molecule has 0 radical (unpaired) electrons. The zero-order valence-corrected chi connectivity index (χ0v) is 13.2. The lowest BCUT2D eigenvalue weighted by Gasteiger charge is -2.22. The van der Waals surface area contributed by atoms with Gasteiger partial charge in [0.15, 0.2) is 12.1 Å². The maximum Gasteiger partial charge on any atom is 0.185 e. The molecule has 2 rings (SSSR count). The Morgan fingerprint density at radius 1 is 1.18 bits per heavy atom. The molecule has 0 aliphatic carbocycles. The summed E-state index contributed by atoms with van der Waals surface area (Å²) in [6.07, 6.45) is 11.3. The van der Waals surface area contributed by atoms with Crippen LogP contribution in [-0.4, -0.2) is 25.3 Å². The number of benzene rings is 1.